The summed E-state index contributed by atoms with van der Waals surface area (Å²) in [7, 11) is -3.64. The van der Waals surface area contributed by atoms with E-state index in [0.29, 0.717) is 17.8 Å². The Labute approximate surface area is 223 Å². The Kier molecular flexibility index (Phi) is 5.74. The van der Waals surface area contributed by atoms with Crippen molar-refractivity contribution < 1.29 is 13.2 Å². The van der Waals surface area contributed by atoms with Crippen molar-refractivity contribution >= 4 is 32.7 Å². The number of anilines is 1. The van der Waals surface area contributed by atoms with E-state index in [9.17, 15) is 13.2 Å². The number of rotatable bonds is 5. The van der Waals surface area contributed by atoms with Gasteiger partial charge in [-0.2, -0.15) is 4.31 Å². The SMILES string of the molecule is CC1(C)CC2CC(C)(CN2S(=O)(=O)c2ccc(C(=O)Nc3cccc(-c4nc5ccccc5[nH]4)c3)cc2)C1. The fourth-order valence-electron chi connectivity index (χ4n) is 6.64. The van der Waals surface area contributed by atoms with Crippen molar-refractivity contribution in [1.29, 1.82) is 0 Å². The summed E-state index contributed by atoms with van der Waals surface area (Å²) in [4.78, 5) is 21.2. The molecule has 8 heteroatoms. The zero-order valence-corrected chi connectivity index (χ0v) is 22.7. The highest BCUT2D eigenvalue weighted by molar-refractivity contribution is 7.89. The number of fused-ring (bicyclic) bond motifs is 3. The molecule has 1 saturated carbocycles. The first kappa shape index (κ1) is 24.8. The predicted molar refractivity (Wildman–Crippen MR) is 149 cm³/mol. The topological polar surface area (TPSA) is 95.2 Å². The molecule has 38 heavy (non-hydrogen) atoms. The molecule has 2 N–H and O–H groups in total. The van der Waals surface area contributed by atoms with Gasteiger partial charge in [-0.1, -0.05) is 45.0 Å². The van der Waals surface area contributed by atoms with Crippen LogP contribution in [0.4, 0.5) is 5.69 Å². The number of benzene rings is 3. The molecule has 2 aliphatic rings. The van der Waals surface area contributed by atoms with Crippen LogP contribution < -0.4 is 5.32 Å². The highest BCUT2D eigenvalue weighted by Gasteiger charge is 2.53. The van der Waals surface area contributed by atoms with Crippen molar-refractivity contribution in [1.82, 2.24) is 14.3 Å². The number of nitrogens with one attached hydrogen (secondary N) is 2. The highest BCUT2D eigenvalue weighted by Crippen LogP contribution is 2.53. The van der Waals surface area contributed by atoms with Crippen LogP contribution >= 0.6 is 0 Å². The summed E-state index contributed by atoms with van der Waals surface area (Å²) in [6.07, 6.45) is 2.80. The Bertz CT molecular complexity index is 1610. The number of aromatic amines is 1. The van der Waals surface area contributed by atoms with Gasteiger partial charge in [0.05, 0.1) is 15.9 Å². The molecule has 2 fully saturated rings. The first-order chi connectivity index (χ1) is 18.0. The summed E-state index contributed by atoms with van der Waals surface area (Å²) in [5, 5.41) is 2.92. The largest absolute Gasteiger partial charge is 0.338 e. The zero-order chi connectivity index (χ0) is 26.7. The first-order valence-electron chi connectivity index (χ1n) is 13.0. The average molecular weight is 529 g/mol. The lowest BCUT2D eigenvalue weighted by Crippen LogP contribution is -2.37. The molecule has 2 unspecified atom stereocenters. The molecule has 1 aliphatic heterocycles. The molecule has 0 radical (unpaired) electrons. The molecule has 7 nitrogen and oxygen atoms in total. The third kappa shape index (κ3) is 4.52. The predicted octanol–water partition coefficient (Wildman–Crippen LogP) is 6.07. The van der Waals surface area contributed by atoms with Crippen LogP contribution in [0, 0.1) is 10.8 Å². The number of H-pyrrole nitrogens is 1. The number of aromatic nitrogens is 2. The highest BCUT2D eigenvalue weighted by atomic mass is 32.2. The van der Waals surface area contributed by atoms with Gasteiger partial charge < -0.3 is 10.3 Å². The minimum absolute atomic E-state index is 0.0101. The molecule has 2 bridgehead atoms. The molecular weight excluding hydrogens is 496 g/mol. The van der Waals surface area contributed by atoms with Crippen LogP contribution in [0.15, 0.2) is 77.7 Å². The van der Waals surface area contributed by atoms with Crippen LogP contribution in [0.3, 0.4) is 0 Å². The van der Waals surface area contributed by atoms with E-state index in [1.165, 1.54) is 0 Å². The number of carbonyl (C=O) groups is 1. The third-order valence-electron chi connectivity index (χ3n) is 7.87. The van der Waals surface area contributed by atoms with Crippen LogP contribution in [0.5, 0.6) is 0 Å². The van der Waals surface area contributed by atoms with E-state index in [0.717, 1.165) is 41.7 Å². The van der Waals surface area contributed by atoms with E-state index in [2.05, 4.69) is 36.1 Å². The average Bonchev–Trinajstić information content (AvgIpc) is 3.42. The van der Waals surface area contributed by atoms with E-state index in [1.807, 2.05) is 48.5 Å². The summed E-state index contributed by atoms with van der Waals surface area (Å²) in [6.45, 7) is 7.21. The smallest absolute Gasteiger partial charge is 0.255 e. The zero-order valence-electron chi connectivity index (χ0n) is 21.9. The Morgan fingerprint density at radius 2 is 1.76 bits per heavy atom. The minimum atomic E-state index is -3.64. The van der Waals surface area contributed by atoms with Gasteiger partial charge in [-0.05, 0) is 78.6 Å². The van der Waals surface area contributed by atoms with Crippen LogP contribution in [0.25, 0.3) is 22.4 Å². The molecule has 2 atom stereocenters. The van der Waals surface area contributed by atoms with E-state index >= 15 is 0 Å². The standard InChI is InChI=1S/C30H32N4O3S/c1-29(2)16-23-17-30(3,18-29)19-34(23)38(36,37)24-13-11-20(12-14-24)28(35)31-22-8-6-7-21(15-22)27-32-25-9-4-5-10-26(25)33-27/h4-15,23H,16-19H2,1-3H3,(H,31,35)(H,32,33). The Hall–Kier alpha value is -3.49. The fourth-order valence-corrected chi connectivity index (χ4v) is 8.41. The maximum atomic E-state index is 13.6. The van der Waals surface area contributed by atoms with E-state index in [-0.39, 0.29) is 27.7 Å². The van der Waals surface area contributed by atoms with E-state index < -0.39 is 10.0 Å². The van der Waals surface area contributed by atoms with Gasteiger partial charge in [0, 0.05) is 29.4 Å². The Morgan fingerprint density at radius 1 is 1.00 bits per heavy atom. The number of amides is 1. The minimum Gasteiger partial charge on any atom is -0.338 e. The van der Waals surface area contributed by atoms with Crippen LogP contribution in [0.1, 0.15) is 50.4 Å². The second-order valence-corrected chi connectivity index (χ2v) is 13.8. The van der Waals surface area contributed by atoms with Gasteiger partial charge in [0.15, 0.2) is 0 Å². The molecule has 6 rings (SSSR count). The van der Waals surface area contributed by atoms with Crippen molar-refractivity contribution in [2.24, 2.45) is 10.8 Å². The van der Waals surface area contributed by atoms with Gasteiger partial charge in [-0.3, -0.25) is 4.79 Å². The van der Waals surface area contributed by atoms with Crippen LogP contribution in [-0.4, -0.2) is 41.2 Å². The molecule has 0 spiro atoms. The molecule has 196 valence electrons. The number of imidazole rings is 1. The second-order valence-electron chi connectivity index (χ2n) is 11.9. The summed E-state index contributed by atoms with van der Waals surface area (Å²) < 4.78 is 28.8. The summed E-state index contributed by atoms with van der Waals surface area (Å²) >= 11 is 0. The molecule has 4 aromatic rings. The molecule has 1 aromatic heterocycles. The molecule has 3 aromatic carbocycles. The molecule has 1 aliphatic carbocycles. The summed E-state index contributed by atoms with van der Waals surface area (Å²) in [6, 6.07) is 21.6. The maximum absolute atomic E-state index is 13.6. The van der Waals surface area contributed by atoms with Gasteiger partial charge >= 0.3 is 0 Å². The molecular formula is C30H32N4O3S. The number of sulfonamides is 1. The number of carbonyl (C=O) groups excluding carboxylic acids is 1. The number of hydrogen-bond acceptors (Lipinski definition) is 4. The lowest BCUT2D eigenvalue weighted by atomic mass is 9.65. The summed E-state index contributed by atoms with van der Waals surface area (Å²) in [5.41, 5.74) is 3.84. The van der Waals surface area contributed by atoms with E-state index in [4.69, 9.17) is 0 Å². The molecule has 1 amide bonds. The van der Waals surface area contributed by atoms with Gasteiger partial charge in [-0.25, -0.2) is 13.4 Å². The lowest BCUT2D eigenvalue weighted by Gasteiger charge is -2.39. The number of para-hydroxylation sites is 2. The van der Waals surface area contributed by atoms with Crippen molar-refractivity contribution in [2.75, 3.05) is 11.9 Å². The van der Waals surface area contributed by atoms with Crippen molar-refractivity contribution in [3.05, 3.63) is 78.4 Å². The van der Waals surface area contributed by atoms with Crippen LogP contribution in [0.2, 0.25) is 0 Å². The lowest BCUT2D eigenvalue weighted by molar-refractivity contribution is 0.102. The van der Waals surface area contributed by atoms with Gasteiger partial charge in [0.2, 0.25) is 10.0 Å². The normalized spacial score (nSPS) is 23.0. The number of nitrogens with zero attached hydrogens (tertiary/aromatic N) is 2. The third-order valence-corrected chi connectivity index (χ3v) is 9.79. The molecule has 2 heterocycles. The monoisotopic (exact) mass is 528 g/mol. The molecule has 1 saturated heterocycles. The van der Waals surface area contributed by atoms with Crippen molar-refractivity contribution in [3.8, 4) is 11.4 Å². The Morgan fingerprint density at radius 3 is 2.53 bits per heavy atom. The first-order valence-corrected chi connectivity index (χ1v) is 14.4. The maximum Gasteiger partial charge on any atom is 0.255 e. The summed E-state index contributed by atoms with van der Waals surface area (Å²) in [5.74, 6) is 0.419. The van der Waals surface area contributed by atoms with Crippen LogP contribution in [-0.2, 0) is 10.0 Å². The quantitative estimate of drug-likeness (QED) is 0.329. The second kappa shape index (κ2) is 8.78. The Balaban J connectivity index is 1.18. The van der Waals surface area contributed by atoms with Gasteiger partial charge in [0.1, 0.15) is 5.82 Å². The van der Waals surface area contributed by atoms with Crippen molar-refractivity contribution in [3.63, 3.8) is 0 Å². The van der Waals surface area contributed by atoms with Gasteiger partial charge in [0.25, 0.3) is 5.91 Å². The fraction of sp³-hybridized carbons (Fsp3) is 0.333. The number of hydrogen-bond donors (Lipinski definition) is 2. The van der Waals surface area contributed by atoms with Gasteiger partial charge in [-0.15, -0.1) is 0 Å². The van der Waals surface area contributed by atoms with E-state index in [1.54, 1.807) is 28.6 Å². The van der Waals surface area contributed by atoms with Crippen molar-refractivity contribution in [2.45, 2.75) is 51.0 Å².